The maximum absolute atomic E-state index is 12.8. The molecule has 1 aromatic heterocycles. The van der Waals surface area contributed by atoms with E-state index in [1.165, 1.54) is 18.2 Å². The lowest BCUT2D eigenvalue weighted by atomic mass is 10.2. The van der Waals surface area contributed by atoms with Crippen LogP contribution in [0.3, 0.4) is 0 Å². The zero-order valence-corrected chi connectivity index (χ0v) is 16.4. The smallest absolute Gasteiger partial charge is 0.299 e. The number of amides is 1. The van der Waals surface area contributed by atoms with Gasteiger partial charge in [0.05, 0.1) is 11.3 Å². The number of alkyl halides is 3. The largest absolute Gasteiger partial charge is 0.416 e. The third-order valence-electron chi connectivity index (χ3n) is 4.30. The summed E-state index contributed by atoms with van der Waals surface area (Å²) in [7, 11) is -3.81. The molecule has 1 aromatic carbocycles. The molecule has 6 nitrogen and oxygen atoms in total. The molecule has 2 aromatic rings. The number of rotatable bonds is 5. The molecule has 1 aliphatic heterocycles. The number of benzene rings is 1. The van der Waals surface area contributed by atoms with Crippen molar-refractivity contribution in [1.82, 2.24) is 9.73 Å². The number of nitrogens with one attached hydrogen (secondary N) is 2. The third-order valence-corrected chi connectivity index (χ3v) is 7.68. The van der Waals surface area contributed by atoms with Gasteiger partial charge in [0.2, 0.25) is 0 Å². The van der Waals surface area contributed by atoms with E-state index in [-0.39, 0.29) is 16.4 Å². The summed E-state index contributed by atoms with van der Waals surface area (Å²) in [6.45, 7) is 2.00. The zero-order valence-electron chi connectivity index (χ0n) is 14.8. The molecule has 0 aliphatic carbocycles. The lowest BCUT2D eigenvalue weighted by Gasteiger charge is -2.23. The molecule has 152 valence electrons. The number of hydrogen-bond donors (Lipinski definition) is 2. The van der Waals surface area contributed by atoms with Crippen LogP contribution < -0.4 is 10.9 Å². The van der Waals surface area contributed by atoms with Gasteiger partial charge in [-0.05, 0) is 50.1 Å². The lowest BCUT2D eigenvalue weighted by molar-refractivity contribution is -0.137. The Kier molecular flexibility index (Phi) is 5.69. The monoisotopic (exact) mass is 433 g/mol. The van der Waals surface area contributed by atoms with Crippen LogP contribution in [0.4, 0.5) is 18.9 Å². The Morgan fingerprint density at radius 2 is 2.00 bits per heavy atom. The van der Waals surface area contributed by atoms with Crippen LogP contribution in [0.15, 0.2) is 40.6 Å². The van der Waals surface area contributed by atoms with Gasteiger partial charge in [-0.15, -0.1) is 11.3 Å². The highest BCUT2D eigenvalue weighted by atomic mass is 32.2. The summed E-state index contributed by atoms with van der Waals surface area (Å²) in [4.78, 5) is 13.3. The van der Waals surface area contributed by atoms with Gasteiger partial charge in [-0.1, -0.05) is 6.07 Å². The molecular weight excluding hydrogens is 415 g/mol. The van der Waals surface area contributed by atoms with Gasteiger partial charge in [0.25, 0.3) is 15.9 Å². The molecule has 3 rings (SSSR count). The molecule has 1 saturated heterocycles. The summed E-state index contributed by atoms with van der Waals surface area (Å²) in [5, 5.41) is 0. The number of carbonyl (C=O) groups excluding carboxylic acids is 1. The standard InChI is InChI=1S/C17H18F3N3O3S2/c1-11-7-8-15(27-11)28(25,26)23-9-3-6-14(23)16(24)22-21-13-5-2-4-12(10-13)17(18,19)20/h2,4-5,7-8,10,14,21H,3,6,9H2,1H3,(H,22,24). The highest BCUT2D eigenvalue weighted by Crippen LogP contribution is 2.31. The molecule has 0 saturated carbocycles. The van der Waals surface area contributed by atoms with Gasteiger partial charge in [0.15, 0.2) is 0 Å². The first kappa shape index (κ1) is 20.6. The van der Waals surface area contributed by atoms with Gasteiger partial charge >= 0.3 is 6.18 Å². The Morgan fingerprint density at radius 1 is 1.25 bits per heavy atom. The quantitative estimate of drug-likeness (QED) is 0.709. The fraction of sp³-hybridized carbons (Fsp3) is 0.353. The van der Waals surface area contributed by atoms with Gasteiger partial charge in [-0.3, -0.25) is 15.6 Å². The van der Waals surface area contributed by atoms with Crippen molar-refractivity contribution in [3.05, 3.63) is 46.8 Å². The molecule has 1 amide bonds. The van der Waals surface area contributed by atoms with Gasteiger partial charge in [0.1, 0.15) is 10.3 Å². The predicted molar refractivity (Wildman–Crippen MR) is 99.2 cm³/mol. The van der Waals surface area contributed by atoms with Crippen molar-refractivity contribution in [2.75, 3.05) is 12.0 Å². The van der Waals surface area contributed by atoms with E-state index >= 15 is 0 Å². The number of hydrazine groups is 1. The Bertz CT molecular complexity index is 973. The summed E-state index contributed by atoms with van der Waals surface area (Å²) in [5.41, 5.74) is 3.94. The predicted octanol–water partition coefficient (Wildman–Crippen LogP) is 3.37. The summed E-state index contributed by atoms with van der Waals surface area (Å²) >= 11 is 1.13. The van der Waals surface area contributed by atoms with E-state index < -0.39 is 33.7 Å². The number of sulfonamides is 1. The first-order chi connectivity index (χ1) is 13.1. The van der Waals surface area contributed by atoms with Crippen molar-refractivity contribution >= 4 is 33.0 Å². The van der Waals surface area contributed by atoms with Crippen molar-refractivity contribution in [3.8, 4) is 0 Å². The second kappa shape index (κ2) is 7.72. The van der Waals surface area contributed by atoms with Crippen molar-refractivity contribution in [2.45, 2.75) is 36.2 Å². The number of nitrogens with zero attached hydrogens (tertiary/aromatic N) is 1. The Morgan fingerprint density at radius 3 is 2.64 bits per heavy atom. The second-order valence-electron chi connectivity index (χ2n) is 6.33. The molecule has 0 bridgehead atoms. The average molecular weight is 433 g/mol. The number of carbonyl (C=O) groups is 1. The van der Waals surface area contributed by atoms with Gasteiger partial charge in [-0.25, -0.2) is 8.42 Å². The average Bonchev–Trinajstić information content (AvgIpc) is 3.29. The van der Waals surface area contributed by atoms with Crippen LogP contribution in [0.5, 0.6) is 0 Å². The van der Waals surface area contributed by atoms with E-state index in [2.05, 4.69) is 10.9 Å². The van der Waals surface area contributed by atoms with Crippen molar-refractivity contribution < 1.29 is 26.4 Å². The fourth-order valence-electron chi connectivity index (χ4n) is 2.95. The highest BCUT2D eigenvalue weighted by molar-refractivity contribution is 7.91. The molecule has 1 atom stereocenters. The first-order valence-corrected chi connectivity index (χ1v) is 10.7. The van der Waals surface area contributed by atoms with Crippen LogP contribution in [-0.4, -0.2) is 31.2 Å². The molecule has 11 heteroatoms. The topological polar surface area (TPSA) is 78.5 Å². The van der Waals surface area contributed by atoms with Crippen LogP contribution in [-0.2, 0) is 21.0 Å². The molecule has 2 N–H and O–H groups in total. The molecule has 1 unspecified atom stereocenters. The van der Waals surface area contributed by atoms with Crippen LogP contribution in [0.2, 0.25) is 0 Å². The molecule has 2 heterocycles. The number of hydrogen-bond acceptors (Lipinski definition) is 5. The second-order valence-corrected chi connectivity index (χ2v) is 9.74. The van der Waals surface area contributed by atoms with E-state index in [0.717, 1.165) is 32.7 Å². The SMILES string of the molecule is Cc1ccc(S(=O)(=O)N2CCCC2C(=O)NNc2cccc(C(F)(F)F)c2)s1. The van der Waals surface area contributed by atoms with E-state index in [0.29, 0.717) is 12.8 Å². The maximum atomic E-state index is 12.8. The normalized spacial score (nSPS) is 18.2. The Balaban J connectivity index is 1.70. The highest BCUT2D eigenvalue weighted by Gasteiger charge is 2.40. The molecule has 1 aliphatic rings. The van der Waals surface area contributed by atoms with Crippen molar-refractivity contribution in [3.63, 3.8) is 0 Å². The van der Waals surface area contributed by atoms with Crippen molar-refractivity contribution in [1.29, 1.82) is 0 Å². The number of anilines is 1. The summed E-state index contributed by atoms with van der Waals surface area (Å²) in [6.07, 6.45) is -3.65. The first-order valence-electron chi connectivity index (χ1n) is 8.40. The molecule has 1 fully saturated rings. The number of aryl methyl sites for hydroxylation is 1. The number of halogens is 3. The van der Waals surface area contributed by atoms with Crippen LogP contribution in [0, 0.1) is 6.92 Å². The maximum Gasteiger partial charge on any atom is 0.416 e. The minimum Gasteiger partial charge on any atom is -0.299 e. The Labute approximate surface area is 164 Å². The minimum atomic E-state index is -4.50. The van der Waals surface area contributed by atoms with Crippen molar-refractivity contribution in [2.24, 2.45) is 0 Å². The van der Waals surface area contributed by atoms with E-state index in [4.69, 9.17) is 0 Å². The van der Waals surface area contributed by atoms with Crippen LogP contribution in [0.25, 0.3) is 0 Å². The summed E-state index contributed by atoms with van der Waals surface area (Å²) < 4.78 is 65.2. The summed E-state index contributed by atoms with van der Waals surface area (Å²) in [6, 6.07) is 6.63. The zero-order chi connectivity index (χ0) is 20.5. The Hall–Kier alpha value is -2.11. The summed E-state index contributed by atoms with van der Waals surface area (Å²) in [5.74, 6) is -0.619. The van der Waals surface area contributed by atoms with Gasteiger partial charge < -0.3 is 0 Å². The van der Waals surface area contributed by atoms with Crippen LogP contribution in [0.1, 0.15) is 23.3 Å². The lowest BCUT2D eigenvalue weighted by Crippen LogP contribution is -2.47. The fourth-order valence-corrected chi connectivity index (χ4v) is 6.02. The molecular formula is C17H18F3N3O3S2. The molecule has 0 spiro atoms. The number of thiophene rings is 1. The molecule has 28 heavy (non-hydrogen) atoms. The van der Waals surface area contributed by atoms with E-state index in [1.807, 2.05) is 0 Å². The van der Waals surface area contributed by atoms with Gasteiger partial charge in [0, 0.05) is 11.4 Å². The van der Waals surface area contributed by atoms with Gasteiger partial charge in [-0.2, -0.15) is 17.5 Å². The third kappa shape index (κ3) is 4.31. The minimum absolute atomic E-state index is 0.0458. The van der Waals surface area contributed by atoms with Crippen LogP contribution >= 0.6 is 11.3 Å². The molecule has 0 radical (unpaired) electrons. The van der Waals surface area contributed by atoms with E-state index in [1.54, 1.807) is 13.0 Å². The van der Waals surface area contributed by atoms with E-state index in [9.17, 15) is 26.4 Å².